The summed E-state index contributed by atoms with van der Waals surface area (Å²) in [7, 11) is 1.69. The van der Waals surface area contributed by atoms with E-state index in [0.717, 1.165) is 5.69 Å². The van der Waals surface area contributed by atoms with Crippen LogP contribution in [0.3, 0.4) is 0 Å². The standard InChI is InChI=1S/C11H13ClN4O/c1-4-16-9(5-7(2)14-16)11(17)10-8(12)6-13-15(10)3/h5-6H,4H2,1-3H3. The van der Waals surface area contributed by atoms with Gasteiger partial charge in [0.1, 0.15) is 11.4 Å². The smallest absolute Gasteiger partial charge is 0.230 e. The fraction of sp³-hybridized carbons (Fsp3) is 0.364. The van der Waals surface area contributed by atoms with E-state index in [1.165, 1.54) is 10.9 Å². The number of aryl methyl sites for hydroxylation is 3. The minimum Gasteiger partial charge on any atom is -0.285 e. The van der Waals surface area contributed by atoms with Crippen molar-refractivity contribution in [2.24, 2.45) is 7.05 Å². The average Bonchev–Trinajstić information content (AvgIpc) is 2.82. The summed E-state index contributed by atoms with van der Waals surface area (Å²) in [6.07, 6.45) is 1.47. The van der Waals surface area contributed by atoms with Gasteiger partial charge < -0.3 is 0 Å². The van der Waals surface area contributed by atoms with Crippen LogP contribution in [0.15, 0.2) is 12.3 Å². The zero-order chi connectivity index (χ0) is 12.6. The van der Waals surface area contributed by atoms with E-state index < -0.39 is 0 Å². The van der Waals surface area contributed by atoms with Gasteiger partial charge >= 0.3 is 0 Å². The molecule has 0 aliphatic heterocycles. The molecule has 0 bridgehead atoms. The lowest BCUT2D eigenvalue weighted by Crippen LogP contribution is -2.14. The molecule has 2 heterocycles. The Morgan fingerprint density at radius 1 is 1.53 bits per heavy atom. The van der Waals surface area contributed by atoms with E-state index in [4.69, 9.17) is 11.6 Å². The number of carbonyl (C=O) groups is 1. The van der Waals surface area contributed by atoms with Crippen molar-refractivity contribution in [2.75, 3.05) is 0 Å². The summed E-state index contributed by atoms with van der Waals surface area (Å²) in [4.78, 5) is 12.3. The molecule has 90 valence electrons. The highest BCUT2D eigenvalue weighted by Gasteiger charge is 2.21. The molecule has 2 aromatic heterocycles. The molecule has 0 unspecified atom stereocenters. The monoisotopic (exact) mass is 252 g/mol. The van der Waals surface area contributed by atoms with Crippen molar-refractivity contribution in [3.63, 3.8) is 0 Å². The van der Waals surface area contributed by atoms with E-state index in [9.17, 15) is 4.79 Å². The van der Waals surface area contributed by atoms with Crippen LogP contribution in [0.2, 0.25) is 5.02 Å². The lowest BCUT2D eigenvalue weighted by atomic mass is 10.2. The third kappa shape index (κ3) is 1.98. The first kappa shape index (κ1) is 11.9. The molecule has 0 aliphatic rings. The van der Waals surface area contributed by atoms with Crippen LogP contribution in [0.25, 0.3) is 0 Å². The number of hydrogen-bond donors (Lipinski definition) is 0. The Bertz CT molecular complexity index is 551. The molecule has 0 fully saturated rings. The second kappa shape index (κ2) is 4.33. The number of nitrogens with zero attached hydrogens (tertiary/aromatic N) is 4. The first-order chi connectivity index (χ1) is 8.04. The first-order valence-electron chi connectivity index (χ1n) is 5.31. The highest BCUT2D eigenvalue weighted by molar-refractivity contribution is 6.34. The molecule has 0 saturated heterocycles. The van der Waals surface area contributed by atoms with Crippen LogP contribution < -0.4 is 0 Å². The number of rotatable bonds is 3. The maximum atomic E-state index is 12.3. The van der Waals surface area contributed by atoms with Gasteiger partial charge in [0.05, 0.1) is 16.9 Å². The van der Waals surface area contributed by atoms with E-state index in [2.05, 4.69) is 10.2 Å². The largest absolute Gasteiger partial charge is 0.285 e. The topological polar surface area (TPSA) is 52.7 Å². The van der Waals surface area contributed by atoms with Crippen LogP contribution in [0, 0.1) is 6.92 Å². The average molecular weight is 253 g/mol. The van der Waals surface area contributed by atoms with Crippen LogP contribution in [-0.4, -0.2) is 25.3 Å². The number of carbonyl (C=O) groups excluding carboxylic acids is 1. The Morgan fingerprint density at radius 3 is 2.76 bits per heavy atom. The summed E-state index contributed by atoms with van der Waals surface area (Å²) in [6.45, 7) is 4.44. The summed E-state index contributed by atoms with van der Waals surface area (Å²) < 4.78 is 3.15. The molecule has 0 amide bonds. The molecular formula is C11H13ClN4O. The maximum absolute atomic E-state index is 12.3. The van der Waals surface area contributed by atoms with E-state index in [0.29, 0.717) is 23.0 Å². The maximum Gasteiger partial charge on any atom is 0.230 e. The van der Waals surface area contributed by atoms with Crippen molar-refractivity contribution in [1.29, 1.82) is 0 Å². The predicted octanol–water partition coefficient (Wildman–Crippen LogP) is 1.83. The minimum atomic E-state index is -0.155. The SMILES string of the molecule is CCn1nc(C)cc1C(=O)c1c(Cl)cnn1C. The van der Waals surface area contributed by atoms with Crippen LogP contribution in [-0.2, 0) is 13.6 Å². The Morgan fingerprint density at radius 2 is 2.24 bits per heavy atom. The Hall–Kier alpha value is -1.62. The van der Waals surface area contributed by atoms with E-state index in [1.807, 2.05) is 13.8 Å². The third-order valence-corrected chi connectivity index (χ3v) is 2.82. The second-order valence-corrected chi connectivity index (χ2v) is 4.19. The fourth-order valence-corrected chi connectivity index (χ4v) is 2.01. The van der Waals surface area contributed by atoms with Gasteiger partial charge in [-0.25, -0.2) is 0 Å². The van der Waals surface area contributed by atoms with Gasteiger partial charge in [-0.3, -0.25) is 14.2 Å². The van der Waals surface area contributed by atoms with E-state index in [-0.39, 0.29) is 5.78 Å². The van der Waals surface area contributed by atoms with Gasteiger partial charge in [0.2, 0.25) is 5.78 Å². The normalized spacial score (nSPS) is 10.8. The number of ketones is 1. The Kier molecular flexibility index (Phi) is 3.02. The summed E-state index contributed by atoms with van der Waals surface area (Å²) in [5.41, 5.74) is 1.74. The molecule has 6 heteroatoms. The van der Waals surface area contributed by atoms with Gasteiger partial charge in [0, 0.05) is 13.6 Å². The molecule has 0 aliphatic carbocycles. The zero-order valence-electron chi connectivity index (χ0n) is 9.94. The lowest BCUT2D eigenvalue weighted by molar-refractivity contribution is 0.102. The molecule has 5 nitrogen and oxygen atoms in total. The quantitative estimate of drug-likeness (QED) is 0.783. The number of aromatic nitrogens is 4. The van der Waals surface area contributed by atoms with Gasteiger partial charge in [0.25, 0.3) is 0 Å². The molecule has 0 spiro atoms. The highest BCUT2D eigenvalue weighted by Crippen LogP contribution is 2.19. The molecule has 2 aromatic rings. The molecule has 0 radical (unpaired) electrons. The summed E-state index contributed by atoms with van der Waals surface area (Å²) in [5, 5.41) is 8.56. The van der Waals surface area contributed by atoms with Crippen molar-refractivity contribution in [1.82, 2.24) is 19.6 Å². The molecule has 0 atom stereocenters. The van der Waals surface area contributed by atoms with Crippen molar-refractivity contribution >= 4 is 17.4 Å². The number of halogens is 1. The molecule has 0 N–H and O–H groups in total. The third-order valence-electron chi connectivity index (χ3n) is 2.54. The minimum absolute atomic E-state index is 0.155. The summed E-state index contributed by atoms with van der Waals surface area (Å²) in [6, 6.07) is 1.76. The van der Waals surface area contributed by atoms with Crippen molar-refractivity contribution < 1.29 is 4.79 Å². The van der Waals surface area contributed by atoms with Crippen LogP contribution in [0.1, 0.15) is 28.8 Å². The molecular weight excluding hydrogens is 240 g/mol. The zero-order valence-corrected chi connectivity index (χ0v) is 10.7. The van der Waals surface area contributed by atoms with Crippen LogP contribution in [0.5, 0.6) is 0 Å². The van der Waals surface area contributed by atoms with Crippen LogP contribution >= 0.6 is 11.6 Å². The second-order valence-electron chi connectivity index (χ2n) is 3.78. The first-order valence-corrected chi connectivity index (χ1v) is 5.69. The van der Waals surface area contributed by atoms with Crippen molar-refractivity contribution in [3.05, 3.63) is 34.4 Å². The number of hydrogen-bond acceptors (Lipinski definition) is 3. The van der Waals surface area contributed by atoms with E-state index in [1.54, 1.807) is 17.8 Å². The van der Waals surface area contributed by atoms with Gasteiger partial charge in [-0.2, -0.15) is 10.2 Å². The van der Waals surface area contributed by atoms with Gasteiger partial charge in [-0.15, -0.1) is 0 Å². The summed E-state index contributed by atoms with van der Waals surface area (Å²) in [5.74, 6) is -0.155. The Balaban J connectivity index is 2.51. The highest BCUT2D eigenvalue weighted by atomic mass is 35.5. The summed E-state index contributed by atoms with van der Waals surface area (Å²) >= 11 is 5.96. The van der Waals surface area contributed by atoms with Gasteiger partial charge in [0.15, 0.2) is 0 Å². The predicted molar refractivity (Wildman–Crippen MR) is 64.3 cm³/mol. The van der Waals surface area contributed by atoms with Gasteiger partial charge in [-0.1, -0.05) is 11.6 Å². The fourth-order valence-electron chi connectivity index (χ4n) is 1.76. The van der Waals surface area contributed by atoms with Crippen molar-refractivity contribution in [2.45, 2.75) is 20.4 Å². The molecule has 2 rings (SSSR count). The van der Waals surface area contributed by atoms with E-state index >= 15 is 0 Å². The molecule has 0 saturated carbocycles. The van der Waals surface area contributed by atoms with Gasteiger partial charge in [-0.05, 0) is 19.9 Å². The van der Waals surface area contributed by atoms with Crippen molar-refractivity contribution in [3.8, 4) is 0 Å². The lowest BCUT2D eigenvalue weighted by Gasteiger charge is -2.04. The molecule has 0 aromatic carbocycles. The Labute approximate surface area is 104 Å². The van der Waals surface area contributed by atoms with Crippen LogP contribution in [0.4, 0.5) is 0 Å². The molecule has 17 heavy (non-hydrogen) atoms.